The van der Waals surface area contributed by atoms with Crippen LogP contribution in [-0.4, -0.2) is 6.54 Å². The van der Waals surface area contributed by atoms with Crippen molar-refractivity contribution in [2.24, 2.45) is 17.6 Å². The van der Waals surface area contributed by atoms with Crippen LogP contribution >= 0.6 is 15.9 Å². The highest BCUT2D eigenvalue weighted by Crippen LogP contribution is 2.24. The van der Waals surface area contributed by atoms with E-state index in [9.17, 15) is 0 Å². The molecule has 17 heavy (non-hydrogen) atoms. The molecule has 1 aromatic rings. The molecule has 0 spiro atoms. The predicted molar refractivity (Wildman–Crippen MR) is 79.1 cm³/mol. The molecular weight excluding hydrogens is 274 g/mol. The van der Waals surface area contributed by atoms with Gasteiger partial charge in [-0.3, -0.25) is 0 Å². The van der Waals surface area contributed by atoms with Gasteiger partial charge in [0.25, 0.3) is 0 Å². The van der Waals surface area contributed by atoms with E-state index in [0.717, 1.165) is 18.9 Å². The molecule has 1 nitrogen and oxygen atoms in total. The average molecular weight is 298 g/mol. The van der Waals surface area contributed by atoms with Crippen LogP contribution in [0.15, 0.2) is 28.7 Å². The molecule has 0 fully saturated rings. The Labute approximate surface area is 114 Å². The van der Waals surface area contributed by atoms with Crippen molar-refractivity contribution in [2.75, 3.05) is 6.54 Å². The molecule has 0 aromatic heterocycles. The minimum absolute atomic E-state index is 0.607. The van der Waals surface area contributed by atoms with Gasteiger partial charge in [0.2, 0.25) is 0 Å². The van der Waals surface area contributed by atoms with Gasteiger partial charge in [-0.2, -0.15) is 0 Å². The molecule has 2 N–H and O–H groups in total. The Hall–Kier alpha value is -0.340. The van der Waals surface area contributed by atoms with E-state index in [0.29, 0.717) is 5.92 Å². The maximum Gasteiger partial charge on any atom is 0.0207 e. The van der Waals surface area contributed by atoms with Crippen molar-refractivity contribution < 1.29 is 0 Å². The van der Waals surface area contributed by atoms with Crippen molar-refractivity contribution in [3.05, 3.63) is 34.3 Å². The van der Waals surface area contributed by atoms with Gasteiger partial charge in [-0.25, -0.2) is 0 Å². The monoisotopic (exact) mass is 297 g/mol. The molecule has 0 saturated carbocycles. The number of rotatable bonds is 7. The summed E-state index contributed by atoms with van der Waals surface area (Å²) < 4.78 is 1.21. The van der Waals surface area contributed by atoms with Gasteiger partial charge in [0.1, 0.15) is 0 Å². The fraction of sp³-hybridized carbons (Fsp3) is 0.600. The van der Waals surface area contributed by atoms with Gasteiger partial charge in [0.05, 0.1) is 0 Å². The minimum Gasteiger partial charge on any atom is -0.330 e. The van der Waals surface area contributed by atoms with E-state index in [1.165, 1.54) is 29.3 Å². The minimum atomic E-state index is 0.607. The first kappa shape index (κ1) is 14.7. The van der Waals surface area contributed by atoms with Crippen molar-refractivity contribution in [1.29, 1.82) is 0 Å². The Morgan fingerprint density at radius 1 is 1.29 bits per heavy atom. The number of benzene rings is 1. The molecule has 0 radical (unpaired) electrons. The topological polar surface area (TPSA) is 26.0 Å². The van der Waals surface area contributed by atoms with Crippen LogP contribution in [0.1, 0.15) is 38.7 Å². The SMILES string of the molecule is CCCC(C)CC(CN)Cc1ccccc1Br. The molecule has 0 aliphatic carbocycles. The normalized spacial score (nSPS) is 14.6. The summed E-state index contributed by atoms with van der Waals surface area (Å²) in [5.74, 6) is 1.39. The quantitative estimate of drug-likeness (QED) is 0.793. The molecular formula is C15H24BrN. The number of halogens is 1. The highest BCUT2D eigenvalue weighted by atomic mass is 79.9. The maximum atomic E-state index is 5.90. The number of nitrogens with two attached hydrogens (primary N) is 1. The van der Waals surface area contributed by atoms with Crippen LogP contribution in [0.5, 0.6) is 0 Å². The van der Waals surface area contributed by atoms with Crippen LogP contribution in [0.3, 0.4) is 0 Å². The van der Waals surface area contributed by atoms with Crippen molar-refractivity contribution in [1.82, 2.24) is 0 Å². The van der Waals surface area contributed by atoms with E-state index < -0.39 is 0 Å². The molecule has 2 heteroatoms. The second-order valence-corrected chi connectivity index (χ2v) is 5.88. The lowest BCUT2D eigenvalue weighted by Gasteiger charge is -2.19. The molecule has 0 bridgehead atoms. The van der Waals surface area contributed by atoms with Gasteiger partial charge in [-0.15, -0.1) is 0 Å². The highest BCUT2D eigenvalue weighted by Gasteiger charge is 2.13. The van der Waals surface area contributed by atoms with Crippen LogP contribution < -0.4 is 5.73 Å². The summed E-state index contributed by atoms with van der Waals surface area (Å²) in [5, 5.41) is 0. The van der Waals surface area contributed by atoms with E-state index >= 15 is 0 Å². The molecule has 0 heterocycles. The maximum absolute atomic E-state index is 5.90. The Kier molecular flexibility index (Phi) is 6.83. The lowest BCUT2D eigenvalue weighted by molar-refractivity contribution is 0.374. The predicted octanol–water partition coefficient (Wildman–Crippen LogP) is 4.39. The van der Waals surface area contributed by atoms with Crippen molar-refractivity contribution >= 4 is 15.9 Å². The Bertz CT molecular complexity index is 324. The molecule has 0 aliphatic heterocycles. The molecule has 0 aliphatic rings. The summed E-state index contributed by atoms with van der Waals surface area (Å²) in [4.78, 5) is 0. The number of hydrogen-bond donors (Lipinski definition) is 1. The van der Waals surface area contributed by atoms with Gasteiger partial charge >= 0.3 is 0 Å². The summed E-state index contributed by atoms with van der Waals surface area (Å²) in [7, 11) is 0. The molecule has 0 saturated heterocycles. The van der Waals surface area contributed by atoms with Crippen molar-refractivity contribution in [3.63, 3.8) is 0 Å². The van der Waals surface area contributed by atoms with Gasteiger partial charge < -0.3 is 5.73 Å². The van der Waals surface area contributed by atoms with Crippen LogP contribution in [0.25, 0.3) is 0 Å². The van der Waals surface area contributed by atoms with Gasteiger partial charge in [0.15, 0.2) is 0 Å². The van der Waals surface area contributed by atoms with Gasteiger partial charge in [0, 0.05) is 4.47 Å². The van der Waals surface area contributed by atoms with Crippen LogP contribution in [0.4, 0.5) is 0 Å². The Balaban J connectivity index is 2.55. The Morgan fingerprint density at radius 2 is 2.00 bits per heavy atom. The van der Waals surface area contributed by atoms with Crippen LogP contribution in [0.2, 0.25) is 0 Å². The molecule has 0 amide bonds. The highest BCUT2D eigenvalue weighted by molar-refractivity contribution is 9.10. The fourth-order valence-corrected chi connectivity index (χ4v) is 2.86. The third-order valence-corrected chi connectivity index (χ3v) is 4.09. The zero-order valence-corrected chi connectivity index (χ0v) is 12.5. The van der Waals surface area contributed by atoms with Crippen LogP contribution in [0, 0.1) is 11.8 Å². The lowest BCUT2D eigenvalue weighted by Crippen LogP contribution is -2.19. The molecule has 1 aromatic carbocycles. The fourth-order valence-electron chi connectivity index (χ4n) is 2.42. The zero-order chi connectivity index (χ0) is 12.7. The summed E-state index contributed by atoms with van der Waals surface area (Å²) >= 11 is 3.61. The number of hydrogen-bond acceptors (Lipinski definition) is 1. The average Bonchev–Trinajstić information content (AvgIpc) is 2.31. The van der Waals surface area contributed by atoms with Crippen molar-refractivity contribution in [3.8, 4) is 0 Å². The first-order valence-electron chi connectivity index (χ1n) is 6.60. The second kappa shape index (κ2) is 7.88. The first-order chi connectivity index (χ1) is 8.17. The van der Waals surface area contributed by atoms with E-state index in [1.54, 1.807) is 0 Å². The molecule has 1 rings (SSSR count). The van der Waals surface area contributed by atoms with E-state index in [2.05, 4.69) is 54.0 Å². The Morgan fingerprint density at radius 3 is 2.59 bits per heavy atom. The lowest BCUT2D eigenvalue weighted by atomic mass is 9.88. The smallest absolute Gasteiger partial charge is 0.0207 e. The standard InChI is InChI=1S/C15H24BrN/c1-3-6-12(2)9-13(11-17)10-14-7-4-5-8-15(14)16/h4-5,7-8,12-13H,3,6,9-11,17H2,1-2H3. The zero-order valence-electron chi connectivity index (χ0n) is 11.0. The second-order valence-electron chi connectivity index (χ2n) is 5.03. The largest absolute Gasteiger partial charge is 0.330 e. The third kappa shape index (κ3) is 5.22. The molecule has 2 atom stereocenters. The van der Waals surface area contributed by atoms with E-state index in [4.69, 9.17) is 5.73 Å². The van der Waals surface area contributed by atoms with Gasteiger partial charge in [-0.05, 0) is 42.9 Å². The van der Waals surface area contributed by atoms with Crippen molar-refractivity contribution in [2.45, 2.75) is 39.5 Å². The summed E-state index contributed by atoms with van der Waals surface area (Å²) in [5.41, 5.74) is 7.28. The first-order valence-corrected chi connectivity index (χ1v) is 7.40. The summed E-state index contributed by atoms with van der Waals surface area (Å²) in [6.45, 7) is 5.38. The van der Waals surface area contributed by atoms with Crippen LogP contribution in [-0.2, 0) is 6.42 Å². The summed E-state index contributed by atoms with van der Waals surface area (Å²) in [6, 6.07) is 8.46. The van der Waals surface area contributed by atoms with E-state index in [1.807, 2.05) is 0 Å². The van der Waals surface area contributed by atoms with E-state index in [-0.39, 0.29) is 0 Å². The molecule has 96 valence electrons. The molecule has 2 unspecified atom stereocenters. The third-order valence-electron chi connectivity index (χ3n) is 3.32. The summed E-state index contributed by atoms with van der Waals surface area (Å²) in [6.07, 6.45) is 4.91. The van der Waals surface area contributed by atoms with Gasteiger partial charge in [-0.1, -0.05) is 60.8 Å².